The van der Waals surface area contributed by atoms with Gasteiger partial charge in [-0.1, -0.05) is 29.8 Å². The highest BCUT2D eigenvalue weighted by Crippen LogP contribution is 2.41. The lowest BCUT2D eigenvalue weighted by molar-refractivity contribution is 0.398. The molecule has 6 nitrogen and oxygen atoms in total. The minimum Gasteiger partial charge on any atom is -0.481 e. The second-order valence-electron chi connectivity index (χ2n) is 7.29. The summed E-state index contributed by atoms with van der Waals surface area (Å²) in [5.41, 5.74) is 2.94. The first kappa shape index (κ1) is 18.6. The van der Waals surface area contributed by atoms with Gasteiger partial charge in [-0.15, -0.1) is 0 Å². The van der Waals surface area contributed by atoms with Crippen LogP contribution in [0.4, 0.5) is 11.5 Å². The number of rotatable bonds is 5. The topological polar surface area (TPSA) is 69.0 Å². The second-order valence-corrected chi connectivity index (χ2v) is 7.70. The monoisotopic (exact) mass is 418 g/mol. The number of benzene rings is 2. The number of aromatic nitrogens is 3. The highest BCUT2D eigenvalue weighted by atomic mass is 35.5. The number of hydrogen-bond acceptors (Lipinski definition) is 5. The predicted octanol–water partition coefficient (Wildman–Crippen LogP) is 5.06. The zero-order chi connectivity index (χ0) is 20.7. The molecule has 7 heteroatoms. The maximum atomic E-state index is 13.1. The molecule has 0 saturated heterocycles. The third-order valence-electron chi connectivity index (χ3n) is 5.27. The number of nitrogens with zero attached hydrogens (tertiary/aromatic N) is 3. The van der Waals surface area contributed by atoms with Crippen LogP contribution in [0.1, 0.15) is 24.3 Å². The number of anilines is 2. The highest BCUT2D eigenvalue weighted by molar-refractivity contribution is 6.32. The van der Waals surface area contributed by atoms with E-state index in [0.29, 0.717) is 34.0 Å². The molecule has 150 valence electrons. The van der Waals surface area contributed by atoms with Crippen molar-refractivity contribution in [2.24, 2.45) is 0 Å². The Balaban J connectivity index is 1.70. The van der Waals surface area contributed by atoms with Crippen LogP contribution < -0.4 is 15.7 Å². The number of hydrogen-bond donors (Lipinski definition) is 1. The molecule has 1 fully saturated rings. The van der Waals surface area contributed by atoms with Crippen LogP contribution in [0.2, 0.25) is 5.02 Å². The Bertz CT molecular complexity index is 1300. The van der Waals surface area contributed by atoms with Gasteiger partial charge < -0.3 is 10.1 Å². The molecule has 1 N–H and O–H groups in total. The van der Waals surface area contributed by atoms with Crippen molar-refractivity contribution >= 4 is 34.0 Å². The second kappa shape index (κ2) is 7.46. The van der Waals surface area contributed by atoms with Crippen molar-refractivity contribution in [1.82, 2.24) is 14.5 Å². The van der Waals surface area contributed by atoms with E-state index in [1.807, 2.05) is 30.3 Å². The molecule has 2 aromatic heterocycles. The molecule has 0 amide bonds. The van der Waals surface area contributed by atoms with Crippen LogP contribution in [0.15, 0.2) is 65.6 Å². The van der Waals surface area contributed by atoms with Gasteiger partial charge in [-0.25, -0.2) is 9.78 Å². The number of pyridine rings is 1. The molecule has 0 aliphatic heterocycles. The molecule has 1 aliphatic rings. The van der Waals surface area contributed by atoms with Crippen molar-refractivity contribution in [1.29, 1.82) is 0 Å². The van der Waals surface area contributed by atoms with Gasteiger partial charge in [0, 0.05) is 11.5 Å². The average molecular weight is 419 g/mol. The maximum absolute atomic E-state index is 13.1. The minimum atomic E-state index is -0.396. The molecule has 2 heterocycles. The van der Waals surface area contributed by atoms with Gasteiger partial charge in [0.1, 0.15) is 5.82 Å². The van der Waals surface area contributed by atoms with E-state index in [1.54, 1.807) is 30.0 Å². The fourth-order valence-corrected chi connectivity index (χ4v) is 3.81. The third-order valence-corrected chi connectivity index (χ3v) is 5.59. The molecule has 1 saturated carbocycles. The van der Waals surface area contributed by atoms with Gasteiger partial charge in [0.25, 0.3) is 0 Å². The Labute approximate surface area is 178 Å². The largest absolute Gasteiger partial charge is 0.481 e. The van der Waals surface area contributed by atoms with Gasteiger partial charge in [-0.2, -0.15) is 4.98 Å². The number of methoxy groups -OCH3 is 1. The van der Waals surface area contributed by atoms with Crippen LogP contribution in [0.5, 0.6) is 5.88 Å². The van der Waals surface area contributed by atoms with E-state index in [1.165, 1.54) is 18.4 Å². The summed E-state index contributed by atoms with van der Waals surface area (Å²) in [6.07, 6.45) is 4.00. The first-order valence-electron chi connectivity index (χ1n) is 9.73. The van der Waals surface area contributed by atoms with Gasteiger partial charge in [-0.05, 0) is 54.7 Å². The molecule has 30 heavy (non-hydrogen) atoms. The normalized spacial score (nSPS) is 13.4. The van der Waals surface area contributed by atoms with E-state index in [9.17, 15) is 4.79 Å². The van der Waals surface area contributed by atoms with Crippen LogP contribution in [0, 0.1) is 0 Å². The van der Waals surface area contributed by atoms with Gasteiger partial charge in [0.2, 0.25) is 5.88 Å². The Kier molecular flexibility index (Phi) is 4.64. The summed E-state index contributed by atoms with van der Waals surface area (Å²) in [5.74, 6) is 1.55. The van der Waals surface area contributed by atoms with Crippen molar-refractivity contribution in [3.63, 3.8) is 0 Å². The summed E-state index contributed by atoms with van der Waals surface area (Å²) in [6.45, 7) is 0. The molecule has 4 aromatic rings. The van der Waals surface area contributed by atoms with E-state index in [2.05, 4.69) is 27.4 Å². The lowest BCUT2D eigenvalue weighted by atomic mass is 10.1. The van der Waals surface area contributed by atoms with Crippen molar-refractivity contribution < 1.29 is 4.74 Å². The molecule has 0 atom stereocenters. The molecule has 0 unspecified atom stereocenters. The fraction of sp³-hybridized carbons (Fsp3) is 0.174. The Morgan fingerprint density at radius 1 is 1.13 bits per heavy atom. The van der Waals surface area contributed by atoms with Gasteiger partial charge in [-0.3, -0.25) is 4.57 Å². The van der Waals surface area contributed by atoms with Crippen molar-refractivity contribution in [3.8, 4) is 11.6 Å². The average Bonchev–Trinajstić information content (AvgIpc) is 3.60. The quantitative estimate of drug-likeness (QED) is 0.490. The van der Waals surface area contributed by atoms with Crippen molar-refractivity contribution in [2.45, 2.75) is 18.8 Å². The summed E-state index contributed by atoms with van der Waals surface area (Å²) < 4.78 is 6.69. The van der Waals surface area contributed by atoms with Gasteiger partial charge in [0.05, 0.1) is 35.2 Å². The van der Waals surface area contributed by atoms with Crippen LogP contribution in [0.25, 0.3) is 16.6 Å². The van der Waals surface area contributed by atoms with E-state index in [4.69, 9.17) is 16.3 Å². The standard InChI is InChI=1S/C23H19ClN4O2/c1-30-21-11-9-16(13-25-21)26-22-17-10-8-15(14-6-7-14)12-20(17)28(23(29)27-22)19-5-3-2-4-18(19)24/h2-5,8-14H,6-7H2,1H3,(H,26,27,29). The van der Waals surface area contributed by atoms with Crippen LogP contribution in [-0.4, -0.2) is 21.6 Å². The first-order valence-corrected chi connectivity index (χ1v) is 10.1. The molecule has 0 bridgehead atoms. The smallest absolute Gasteiger partial charge is 0.354 e. The summed E-state index contributed by atoms with van der Waals surface area (Å²) in [5, 5.41) is 4.55. The van der Waals surface area contributed by atoms with Crippen molar-refractivity contribution in [3.05, 3.63) is 81.9 Å². The summed E-state index contributed by atoms with van der Waals surface area (Å²) in [7, 11) is 1.57. The maximum Gasteiger partial charge on any atom is 0.354 e. The van der Waals surface area contributed by atoms with Crippen LogP contribution in [-0.2, 0) is 0 Å². The number of nitrogens with one attached hydrogen (secondary N) is 1. The summed E-state index contributed by atoms with van der Waals surface area (Å²) >= 11 is 6.42. The lowest BCUT2D eigenvalue weighted by Gasteiger charge is -2.16. The summed E-state index contributed by atoms with van der Waals surface area (Å²) in [4.78, 5) is 21.6. The SMILES string of the molecule is COc1ccc(Nc2nc(=O)n(-c3ccccc3Cl)c3cc(C4CC4)ccc23)cn1. The number of para-hydroxylation sites is 1. The fourth-order valence-electron chi connectivity index (χ4n) is 3.59. The molecular weight excluding hydrogens is 400 g/mol. The van der Waals surface area contributed by atoms with E-state index in [0.717, 1.165) is 10.9 Å². The summed E-state index contributed by atoms with van der Waals surface area (Å²) in [6, 6.07) is 17.1. The molecule has 5 rings (SSSR count). The number of halogens is 1. The van der Waals surface area contributed by atoms with E-state index < -0.39 is 5.69 Å². The predicted molar refractivity (Wildman–Crippen MR) is 118 cm³/mol. The highest BCUT2D eigenvalue weighted by Gasteiger charge is 2.25. The number of fused-ring (bicyclic) bond motifs is 1. The third kappa shape index (κ3) is 3.39. The number of ether oxygens (including phenoxy) is 1. The van der Waals surface area contributed by atoms with E-state index >= 15 is 0 Å². The van der Waals surface area contributed by atoms with Crippen LogP contribution >= 0.6 is 11.6 Å². The Hall–Kier alpha value is -3.38. The van der Waals surface area contributed by atoms with Gasteiger partial charge in [0.15, 0.2) is 0 Å². The van der Waals surface area contributed by atoms with Gasteiger partial charge >= 0.3 is 5.69 Å². The molecular formula is C23H19ClN4O2. The lowest BCUT2D eigenvalue weighted by Crippen LogP contribution is -2.23. The zero-order valence-corrected chi connectivity index (χ0v) is 17.1. The molecule has 0 spiro atoms. The molecule has 1 aliphatic carbocycles. The first-order chi connectivity index (χ1) is 14.6. The van der Waals surface area contributed by atoms with Crippen LogP contribution in [0.3, 0.4) is 0 Å². The molecule has 0 radical (unpaired) electrons. The Morgan fingerprint density at radius 2 is 1.97 bits per heavy atom. The zero-order valence-electron chi connectivity index (χ0n) is 16.3. The van der Waals surface area contributed by atoms with E-state index in [-0.39, 0.29) is 0 Å². The minimum absolute atomic E-state index is 0.396. The van der Waals surface area contributed by atoms with Crippen molar-refractivity contribution in [2.75, 3.05) is 12.4 Å². The molecule has 2 aromatic carbocycles. The Morgan fingerprint density at radius 3 is 2.67 bits per heavy atom.